The van der Waals surface area contributed by atoms with Crippen LogP contribution in [-0.4, -0.2) is 110 Å². The van der Waals surface area contributed by atoms with Gasteiger partial charge in [0.15, 0.2) is 6.29 Å². The van der Waals surface area contributed by atoms with Crippen LogP contribution in [0.2, 0.25) is 0 Å². The van der Waals surface area contributed by atoms with E-state index in [2.05, 4.69) is 55.6 Å². The predicted octanol–water partition coefficient (Wildman–Crippen LogP) is 18.1. The van der Waals surface area contributed by atoms with Crippen molar-refractivity contribution in [2.24, 2.45) is 0 Å². The van der Waals surface area contributed by atoms with Gasteiger partial charge in [0.1, 0.15) is 36.6 Å². The first-order valence-electron chi connectivity index (χ1n) is 36.9. The molecule has 0 aromatic heterocycles. The number of ether oxygens (including phenoxy) is 2. The van der Waals surface area contributed by atoms with Gasteiger partial charge in [-0.3, -0.25) is 4.79 Å². The van der Waals surface area contributed by atoms with Gasteiger partial charge in [-0.15, -0.1) is 0 Å². The summed E-state index contributed by atoms with van der Waals surface area (Å²) < 4.78 is 11.2. The monoisotopic (exact) mass is 1200 g/mol. The van der Waals surface area contributed by atoms with E-state index < -0.39 is 74.2 Å². The number of nitrogens with one attached hydrogen (secondary N) is 1. The van der Waals surface area contributed by atoms with Gasteiger partial charge >= 0.3 is 0 Å². The van der Waals surface area contributed by atoms with Crippen LogP contribution in [0.4, 0.5) is 0 Å². The molecule has 0 aliphatic carbocycles. The molecule has 0 saturated carbocycles. The normalized spacial score (nSPS) is 19.0. The van der Waals surface area contributed by atoms with Gasteiger partial charge in [-0.05, 0) is 64.2 Å². The Kier molecular flexibility index (Phi) is 59.8. The molecule has 502 valence electrons. The fourth-order valence-corrected chi connectivity index (χ4v) is 12.0. The highest BCUT2D eigenvalue weighted by molar-refractivity contribution is 5.80. The van der Waals surface area contributed by atoms with E-state index in [1.807, 2.05) is 0 Å². The summed E-state index contributed by atoms with van der Waals surface area (Å²) in [7, 11) is 0. The molecule has 0 aromatic rings. The van der Waals surface area contributed by atoms with E-state index in [0.717, 1.165) is 44.9 Å². The molecule has 8 N–H and O–H groups in total. The molecule has 0 aromatic carbocycles. The van der Waals surface area contributed by atoms with Gasteiger partial charge in [-0.25, -0.2) is 0 Å². The quantitative estimate of drug-likeness (QED) is 0.0215. The highest BCUT2D eigenvalue weighted by Gasteiger charge is 2.44. The first-order valence-corrected chi connectivity index (χ1v) is 36.9. The molecule has 1 aliphatic heterocycles. The maximum Gasteiger partial charge on any atom is 0.249 e. The summed E-state index contributed by atoms with van der Waals surface area (Å²) in [5.41, 5.74) is 0. The first-order chi connectivity index (χ1) is 41.7. The van der Waals surface area contributed by atoms with Crippen LogP contribution in [0.3, 0.4) is 0 Å². The number of carbonyl (C=O) groups excluding carboxylic acids is 1. The maximum atomic E-state index is 13.3. The van der Waals surface area contributed by atoms with E-state index in [0.29, 0.717) is 19.3 Å². The van der Waals surface area contributed by atoms with E-state index in [1.165, 1.54) is 270 Å². The van der Waals surface area contributed by atoms with E-state index in [1.54, 1.807) is 0 Å². The second kappa shape index (κ2) is 62.5. The van der Waals surface area contributed by atoms with Crippen LogP contribution < -0.4 is 5.32 Å². The van der Waals surface area contributed by atoms with Crippen LogP contribution in [0.25, 0.3) is 0 Å². The van der Waals surface area contributed by atoms with Gasteiger partial charge in [-0.2, -0.15) is 0 Å². The van der Waals surface area contributed by atoms with Gasteiger partial charge in [0.2, 0.25) is 5.91 Å². The van der Waals surface area contributed by atoms with E-state index >= 15 is 0 Å². The molecule has 11 nitrogen and oxygen atoms in total. The van der Waals surface area contributed by atoms with Crippen molar-refractivity contribution in [1.29, 1.82) is 0 Å². The molecule has 11 heteroatoms. The number of rotatable bonds is 65. The number of carbonyl (C=O) groups is 1. The minimum Gasteiger partial charge on any atom is -0.394 e. The zero-order valence-electron chi connectivity index (χ0n) is 55.6. The van der Waals surface area contributed by atoms with Crippen LogP contribution in [0.1, 0.15) is 361 Å². The van der Waals surface area contributed by atoms with Crippen LogP contribution in [0.15, 0.2) is 36.5 Å². The average Bonchev–Trinajstić information content (AvgIpc) is 3.71. The average molecular weight is 1200 g/mol. The number of hydrogen-bond donors (Lipinski definition) is 8. The third kappa shape index (κ3) is 49.8. The first kappa shape index (κ1) is 81.3. The van der Waals surface area contributed by atoms with E-state index in [-0.39, 0.29) is 12.8 Å². The number of hydrogen-bond acceptors (Lipinski definition) is 10. The fourth-order valence-electron chi connectivity index (χ4n) is 12.0. The second-order valence-electron chi connectivity index (χ2n) is 26.0. The molecule has 9 unspecified atom stereocenters. The zero-order valence-corrected chi connectivity index (χ0v) is 55.6. The maximum absolute atomic E-state index is 13.3. The van der Waals surface area contributed by atoms with Crippen molar-refractivity contribution in [3.63, 3.8) is 0 Å². The molecule has 9 atom stereocenters. The van der Waals surface area contributed by atoms with Gasteiger partial charge in [-0.1, -0.05) is 333 Å². The smallest absolute Gasteiger partial charge is 0.249 e. The van der Waals surface area contributed by atoms with Crippen molar-refractivity contribution < 1.29 is 50.0 Å². The van der Waals surface area contributed by atoms with Crippen LogP contribution in [-0.2, 0) is 14.3 Å². The van der Waals surface area contributed by atoms with Crippen LogP contribution in [0, 0.1) is 0 Å². The molecule has 85 heavy (non-hydrogen) atoms. The number of aliphatic hydroxyl groups is 7. The Morgan fingerprint density at radius 3 is 1.05 bits per heavy atom. The van der Waals surface area contributed by atoms with Crippen molar-refractivity contribution in [1.82, 2.24) is 5.32 Å². The van der Waals surface area contributed by atoms with Crippen molar-refractivity contribution in [3.8, 4) is 0 Å². The van der Waals surface area contributed by atoms with Crippen molar-refractivity contribution in [3.05, 3.63) is 36.5 Å². The Morgan fingerprint density at radius 2 is 0.706 bits per heavy atom. The topological polar surface area (TPSA) is 189 Å². The zero-order chi connectivity index (χ0) is 61.7. The summed E-state index contributed by atoms with van der Waals surface area (Å²) in [5.74, 6) is -0.705. The van der Waals surface area contributed by atoms with Crippen LogP contribution in [0.5, 0.6) is 0 Å². The lowest BCUT2D eigenvalue weighted by atomic mass is 9.98. The molecule has 1 saturated heterocycles. The molecule has 1 heterocycles. The molecule has 1 rings (SSSR count). The Morgan fingerprint density at radius 1 is 0.400 bits per heavy atom. The summed E-state index contributed by atoms with van der Waals surface area (Å²) in [4.78, 5) is 13.3. The Hall–Kier alpha value is -1.67. The van der Waals surface area contributed by atoms with Gasteiger partial charge in [0, 0.05) is 0 Å². The van der Waals surface area contributed by atoms with E-state index in [9.17, 15) is 40.5 Å². The van der Waals surface area contributed by atoms with Crippen molar-refractivity contribution in [2.45, 2.75) is 416 Å². The van der Waals surface area contributed by atoms with Gasteiger partial charge < -0.3 is 50.5 Å². The lowest BCUT2D eigenvalue weighted by Crippen LogP contribution is -2.60. The molecule has 1 aliphatic rings. The third-order valence-corrected chi connectivity index (χ3v) is 17.9. The SMILES string of the molecule is CCCCCCCCCCCCCCCCCC/C=C/CC/C=C/CC/C=C/CCCC(O)C(O)C(COC1OC(CO)C(O)C(O)C1O)NC(=O)C(O)CCCCCCCCCCCCCCCCCCCCCCCCCCCCCCC. The highest BCUT2D eigenvalue weighted by atomic mass is 16.7. The Balaban J connectivity index is 2.21. The minimum absolute atomic E-state index is 0.243. The molecule has 0 spiro atoms. The molecular formula is C74H141NO10. The van der Waals surface area contributed by atoms with Crippen molar-refractivity contribution >= 4 is 5.91 Å². The molecule has 1 fully saturated rings. The summed E-state index contributed by atoms with van der Waals surface area (Å²) in [6.45, 7) is 3.50. The predicted molar refractivity (Wildman–Crippen MR) is 358 cm³/mol. The Labute approximate surface area is 524 Å². The lowest BCUT2D eigenvalue weighted by molar-refractivity contribution is -0.303. The summed E-state index contributed by atoms with van der Waals surface area (Å²) in [5, 5.41) is 76.5. The molecule has 1 amide bonds. The number of aliphatic hydroxyl groups excluding tert-OH is 7. The molecule has 0 bridgehead atoms. The molecule has 0 radical (unpaired) electrons. The largest absolute Gasteiger partial charge is 0.394 e. The van der Waals surface area contributed by atoms with Crippen molar-refractivity contribution in [2.75, 3.05) is 13.2 Å². The third-order valence-electron chi connectivity index (χ3n) is 17.9. The van der Waals surface area contributed by atoms with E-state index in [4.69, 9.17) is 9.47 Å². The number of unbranched alkanes of at least 4 members (excludes halogenated alkanes) is 47. The lowest BCUT2D eigenvalue weighted by Gasteiger charge is -2.40. The Bertz CT molecular complexity index is 1480. The summed E-state index contributed by atoms with van der Waals surface area (Å²) >= 11 is 0. The fraction of sp³-hybridized carbons (Fsp3) is 0.905. The number of amides is 1. The summed E-state index contributed by atoms with van der Waals surface area (Å²) in [6, 6.07) is -1.19. The van der Waals surface area contributed by atoms with Gasteiger partial charge in [0.05, 0.1) is 25.4 Å². The van der Waals surface area contributed by atoms with Gasteiger partial charge in [0.25, 0.3) is 0 Å². The minimum atomic E-state index is -1.67. The van der Waals surface area contributed by atoms with Crippen LogP contribution >= 0.6 is 0 Å². The summed E-state index contributed by atoms with van der Waals surface area (Å²) in [6.07, 6.45) is 69.6. The molecular weight excluding hydrogens is 1060 g/mol. The highest BCUT2D eigenvalue weighted by Crippen LogP contribution is 2.24. The number of allylic oxidation sites excluding steroid dienone is 6. The second-order valence-corrected chi connectivity index (χ2v) is 26.0. The standard InChI is InChI=1S/C74H141NO10/c1-3-5-7-9-11-13-15-17-19-21-23-25-27-29-31-33-35-37-39-41-43-45-47-49-51-53-55-57-59-61-66(77)69(79)65(64-84-74-72(82)71(81)70(80)68(63-76)85-74)75-73(83)67(78)62-60-58-56-54-52-50-48-46-44-42-40-38-36-34-32-30-28-26-24-22-20-18-16-14-12-10-8-6-4-2/h37,39,45,47,53,55,65-72,74,76-82H,3-36,38,40-44,46,48-52,54,56-64H2,1-2H3,(H,75,83)/b39-37+,47-45+,55-53+.